The minimum atomic E-state index is 1.09. The highest BCUT2D eigenvalue weighted by atomic mass is 32.2. The number of rotatable bonds is 3. The Labute approximate surface area is 78.7 Å². The molecule has 0 amide bonds. The third-order valence-electron chi connectivity index (χ3n) is 1.87. The van der Waals surface area contributed by atoms with Gasteiger partial charge < -0.3 is 0 Å². The van der Waals surface area contributed by atoms with Gasteiger partial charge in [0.05, 0.1) is 0 Å². The van der Waals surface area contributed by atoms with E-state index in [4.69, 9.17) is 0 Å². The molecule has 64 valence electrons. The van der Waals surface area contributed by atoms with Gasteiger partial charge in [0.25, 0.3) is 0 Å². The van der Waals surface area contributed by atoms with Crippen LogP contribution in [0, 0.1) is 0 Å². The van der Waals surface area contributed by atoms with E-state index in [-0.39, 0.29) is 0 Å². The maximum Gasteiger partial charge on any atom is 0.00778 e. The molecule has 0 atom stereocenters. The second kappa shape index (κ2) is 4.36. The molecule has 1 rings (SSSR count). The van der Waals surface area contributed by atoms with E-state index in [1.807, 2.05) is 6.08 Å². The molecule has 0 spiro atoms. The van der Waals surface area contributed by atoms with Gasteiger partial charge in [-0.1, -0.05) is 25.6 Å². The monoisotopic (exact) mass is 178 g/mol. The zero-order valence-corrected chi connectivity index (χ0v) is 8.45. The molecule has 0 aliphatic heterocycles. The number of hydrogen-bond acceptors (Lipinski definition) is 1. The second-order valence-corrected chi connectivity index (χ2v) is 3.55. The molecule has 1 aromatic carbocycles. The fraction of sp³-hybridized carbons (Fsp3) is 0.273. The predicted molar refractivity (Wildman–Crippen MR) is 57.7 cm³/mol. The third-order valence-corrected chi connectivity index (χ3v) is 2.58. The van der Waals surface area contributed by atoms with Crippen LogP contribution in [0.5, 0.6) is 0 Å². The van der Waals surface area contributed by atoms with E-state index in [1.54, 1.807) is 11.8 Å². The van der Waals surface area contributed by atoms with E-state index in [1.165, 1.54) is 16.0 Å². The SMILES string of the molecule is C=Cc1cc(CC)cc(SC)c1. The van der Waals surface area contributed by atoms with Crippen molar-refractivity contribution in [3.05, 3.63) is 35.9 Å². The number of thioether (sulfide) groups is 1. The summed E-state index contributed by atoms with van der Waals surface area (Å²) in [4.78, 5) is 1.32. The zero-order valence-electron chi connectivity index (χ0n) is 7.63. The van der Waals surface area contributed by atoms with Crippen molar-refractivity contribution in [3.8, 4) is 0 Å². The summed E-state index contributed by atoms with van der Waals surface area (Å²) >= 11 is 1.78. The van der Waals surface area contributed by atoms with Crippen LogP contribution < -0.4 is 0 Å². The molecule has 0 N–H and O–H groups in total. The first-order valence-electron chi connectivity index (χ1n) is 4.10. The molecule has 1 heteroatoms. The Bertz CT molecular complexity index is 254. The Hall–Kier alpha value is -0.690. The summed E-state index contributed by atoms with van der Waals surface area (Å²) in [5, 5.41) is 0. The quantitative estimate of drug-likeness (QED) is 0.637. The Balaban J connectivity index is 3.09. The molecule has 0 aromatic heterocycles. The van der Waals surface area contributed by atoms with Gasteiger partial charge in [-0.05, 0) is 35.9 Å². The molecule has 0 heterocycles. The fourth-order valence-corrected chi connectivity index (χ4v) is 1.65. The number of aryl methyl sites for hydroxylation is 1. The van der Waals surface area contributed by atoms with Crippen LogP contribution >= 0.6 is 11.8 Å². The molecule has 0 saturated heterocycles. The van der Waals surface area contributed by atoms with Crippen LogP contribution in [0.25, 0.3) is 6.08 Å². The first-order chi connectivity index (χ1) is 5.80. The van der Waals surface area contributed by atoms with Gasteiger partial charge >= 0.3 is 0 Å². The summed E-state index contributed by atoms with van der Waals surface area (Å²) in [6, 6.07) is 6.58. The summed E-state index contributed by atoms with van der Waals surface area (Å²) < 4.78 is 0. The van der Waals surface area contributed by atoms with Crippen LogP contribution in [-0.4, -0.2) is 6.26 Å². The molecule has 0 unspecified atom stereocenters. The molecule has 0 aliphatic rings. The van der Waals surface area contributed by atoms with Gasteiger partial charge in [-0.2, -0.15) is 0 Å². The minimum absolute atomic E-state index is 1.09. The van der Waals surface area contributed by atoms with E-state index in [2.05, 4.69) is 38.0 Å². The smallest absolute Gasteiger partial charge is 0.00778 e. The van der Waals surface area contributed by atoms with Crippen molar-refractivity contribution in [1.29, 1.82) is 0 Å². The van der Waals surface area contributed by atoms with E-state index >= 15 is 0 Å². The average molecular weight is 178 g/mol. The van der Waals surface area contributed by atoms with Crippen molar-refractivity contribution in [2.24, 2.45) is 0 Å². The molecule has 0 radical (unpaired) electrons. The van der Waals surface area contributed by atoms with Crippen LogP contribution in [0.3, 0.4) is 0 Å². The van der Waals surface area contributed by atoms with Gasteiger partial charge in [-0.15, -0.1) is 11.8 Å². The van der Waals surface area contributed by atoms with Gasteiger partial charge in [0.15, 0.2) is 0 Å². The molecular formula is C11H14S. The zero-order chi connectivity index (χ0) is 8.97. The molecule has 0 bridgehead atoms. The van der Waals surface area contributed by atoms with Gasteiger partial charge in [-0.3, -0.25) is 0 Å². The Morgan fingerprint density at radius 2 is 2.17 bits per heavy atom. The van der Waals surface area contributed by atoms with E-state index in [9.17, 15) is 0 Å². The largest absolute Gasteiger partial charge is 0.130 e. The lowest BCUT2D eigenvalue weighted by molar-refractivity contribution is 1.12. The molecule has 0 nitrogen and oxygen atoms in total. The maximum absolute atomic E-state index is 3.77. The first kappa shape index (κ1) is 9.40. The summed E-state index contributed by atoms with van der Waals surface area (Å²) in [5.74, 6) is 0. The lowest BCUT2D eigenvalue weighted by Gasteiger charge is -2.03. The summed E-state index contributed by atoms with van der Waals surface area (Å²) in [7, 11) is 0. The van der Waals surface area contributed by atoms with Crippen molar-refractivity contribution in [3.63, 3.8) is 0 Å². The molecule has 0 fully saturated rings. The number of hydrogen-bond donors (Lipinski definition) is 0. The van der Waals surface area contributed by atoms with Crippen LogP contribution in [-0.2, 0) is 6.42 Å². The van der Waals surface area contributed by atoms with Crippen molar-refractivity contribution in [2.45, 2.75) is 18.2 Å². The van der Waals surface area contributed by atoms with Crippen LogP contribution in [0.4, 0.5) is 0 Å². The fourth-order valence-electron chi connectivity index (χ4n) is 1.13. The lowest BCUT2D eigenvalue weighted by Crippen LogP contribution is -1.83. The van der Waals surface area contributed by atoms with E-state index < -0.39 is 0 Å². The topological polar surface area (TPSA) is 0 Å². The van der Waals surface area contributed by atoms with E-state index in [0.717, 1.165) is 6.42 Å². The van der Waals surface area contributed by atoms with Gasteiger partial charge in [0, 0.05) is 4.90 Å². The Morgan fingerprint density at radius 1 is 1.42 bits per heavy atom. The van der Waals surface area contributed by atoms with Crippen molar-refractivity contribution >= 4 is 17.8 Å². The van der Waals surface area contributed by atoms with Crippen LogP contribution in [0.1, 0.15) is 18.1 Å². The normalized spacial score (nSPS) is 9.83. The summed E-state index contributed by atoms with van der Waals surface area (Å²) in [5.41, 5.74) is 2.61. The highest BCUT2D eigenvalue weighted by Crippen LogP contribution is 2.19. The lowest BCUT2D eigenvalue weighted by atomic mass is 10.1. The second-order valence-electron chi connectivity index (χ2n) is 2.67. The molecular weight excluding hydrogens is 164 g/mol. The van der Waals surface area contributed by atoms with E-state index in [0.29, 0.717) is 0 Å². The van der Waals surface area contributed by atoms with Crippen molar-refractivity contribution in [1.82, 2.24) is 0 Å². The van der Waals surface area contributed by atoms with Crippen molar-refractivity contribution < 1.29 is 0 Å². The minimum Gasteiger partial charge on any atom is -0.130 e. The molecule has 0 saturated carbocycles. The molecule has 0 aliphatic carbocycles. The molecule has 1 aromatic rings. The maximum atomic E-state index is 3.77. The van der Waals surface area contributed by atoms with Crippen LogP contribution in [0.15, 0.2) is 29.7 Å². The van der Waals surface area contributed by atoms with Gasteiger partial charge in [0.1, 0.15) is 0 Å². The summed E-state index contributed by atoms with van der Waals surface area (Å²) in [6.45, 7) is 5.95. The highest BCUT2D eigenvalue weighted by Gasteiger charge is 1.95. The Morgan fingerprint density at radius 3 is 2.67 bits per heavy atom. The summed E-state index contributed by atoms with van der Waals surface area (Å²) in [6.07, 6.45) is 5.09. The predicted octanol–water partition coefficient (Wildman–Crippen LogP) is 3.61. The standard InChI is InChI=1S/C11H14S/c1-4-9-6-10(5-2)8-11(7-9)12-3/h4,6-8H,1,5H2,2-3H3. The van der Waals surface area contributed by atoms with Gasteiger partial charge in [-0.25, -0.2) is 0 Å². The number of benzene rings is 1. The first-order valence-corrected chi connectivity index (χ1v) is 5.33. The molecule has 12 heavy (non-hydrogen) atoms. The van der Waals surface area contributed by atoms with Gasteiger partial charge in [0.2, 0.25) is 0 Å². The van der Waals surface area contributed by atoms with Crippen molar-refractivity contribution in [2.75, 3.05) is 6.26 Å². The third kappa shape index (κ3) is 2.15. The highest BCUT2D eigenvalue weighted by molar-refractivity contribution is 7.98. The average Bonchev–Trinajstić information content (AvgIpc) is 2.16. The Kier molecular flexibility index (Phi) is 3.42. The van der Waals surface area contributed by atoms with Crippen LogP contribution in [0.2, 0.25) is 0 Å².